The van der Waals surface area contributed by atoms with Gasteiger partial charge >= 0.3 is 0 Å². The lowest BCUT2D eigenvalue weighted by Crippen LogP contribution is -2.41. The van der Waals surface area contributed by atoms with E-state index in [-0.39, 0.29) is 22.3 Å². The van der Waals surface area contributed by atoms with Crippen molar-refractivity contribution >= 4 is 6.29 Å². The van der Waals surface area contributed by atoms with Crippen molar-refractivity contribution in [2.75, 3.05) is 0 Å². The number of allylic oxidation sites excluding steroid dienone is 7. The summed E-state index contributed by atoms with van der Waals surface area (Å²) in [5.41, 5.74) is 3.29. The summed E-state index contributed by atoms with van der Waals surface area (Å²) in [5, 5.41) is 10.7. The van der Waals surface area contributed by atoms with Crippen LogP contribution in [0.4, 0.5) is 0 Å². The highest BCUT2D eigenvalue weighted by Gasteiger charge is 2.53. The van der Waals surface area contributed by atoms with Crippen LogP contribution in [0.15, 0.2) is 47.1 Å². The third kappa shape index (κ3) is 5.53. The molecule has 2 heteroatoms. The molecule has 0 radical (unpaired) electrons. The van der Waals surface area contributed by atoms with Gasteiger partial charge in [-0.05, 0) is 94.5 Å². The molecule has 2 rings (SSSR count). The maximum atomic E-state index is 12.7. The van der Waals surface area contributed by atoms with E-state index in [1.807, 2.05) is 6.92 Å². The number of carbonyl (C=O) groups is 1. The Balaban J connectivity index is 2.41. The second kappa shape index (κ2) is 10.7. The van der Waals surface area contributed by atoms with E-state index in [1.165, 1.54) is 30.3 Å². The van der Waals surface area contributed by atoms with Gasteiger partial charge in [0.1, 0.15) is 6.29 Å². The lowest BCUT2D eigenvalue weighted by atomic mass is 9.57. The fraction of sp³-hybridized carbons (Fsp3) is 0.719. The molecular weight excluding hydrogens is 416 g/mol. The normalized spacial score (nSPS) is 31.6. The van der Waals surface area contributed by atoms with Crippen molar-refractivity contribution < 1.29 is 9.90 Å². The third-order valence-corrected chi connectivity index (χ3v) is 9.89. The molecule has 0 saturated heterocycles. The van der Waals surface area contributed by atoms with Gasteiger partial charge < -0.3 is 9.90 Å². The van der Waals surface area contributed by atoms with E-state index in [1.54, 1.807) is 0 Å². The third-order valence-electron chi connectivity index (χ3n) is 9.89. The van der Waals surface area contributed by atoms with E-state index in [4.69, 9.17) is 0 Å². The number of hydrogen-bond donors (Lipinski definition) is 1. The molecule has 1 saturated carbocycles. The van der Waals surface area contributed by atoms with Crippen LogP contribution < -0.4 is 0 Å². The van der Waals surface area contributed by atoms with Crippen molar-refractivity contribution in [2.24, 2.45) is 33.5 Å². The summed E-state index contributed by atoms with van der Waals surface area (Å²) in [5.74, 6) is 1.11. The molecule has 1 N–H and O–H groups in total. The highest BCUT2D eigenvalue weighted by molar-refractivity contribution is 5.66. The summed E-state index contributed by atoms with van der Waals surface area (Å²) in [6, 6.07) is 0. The van der Waals surface area contributed by atoms with Gasteiger partial charge in [0.15, 0.2) is 0 Å². The van der Waals surface area contributed by atoms with E-state index < -0.39 is 5.41 Å². The molecule has 5 atom stereocenters. The average molecular weight is 469 g/mol. The van der Waals surface area contributed by atoms with Crippen LogP contribution in [0.25, 0.3) is 0 Å². The maximum Gasteiger partial charge on any atom is 0.129 e. The van der Waals surface area contributed by atoms with Crippen LogP contribution in [-0.4, -0.2) is 17.5 Å². The zero-order valence-electron chi connectivity index (χ0n) is 23.8. The maximum absolute atomic E-state index is 12.7. The Morgan fingerprint density at radius 1 is 1.18 bits per heavy atom. The van der Waals surface area contributed by atoms with Gasteiger partial charge in [-0.15, -0.1) is 0 Å². The summed E-state index contributed by atoms with van der Waals surface area (Å²) in [6.07, 6.45) is 17.7. The lowest BCUT2D eigenvalue weighted by Gasteiger charge is -2.47. The zero-order valence-corrected chi connectivity index (χ0v) is 23.8. The van der Waals surface area contributed by atoms with Crippen LogP contribution in [0.1, 0.15) is 108 Å². The predicted molar refractivity (Wildman–Crippen MR) is 147 cm³/mol. The standard InChI is InChI=1S/C32H52O2/c1-11-13-26-27(16-17-28(34)30(26,7)8)31(9,22-33)20-21-32(10)25(18-19-29(32,5)6)24(4)15-12-14-23(2)3/h11-15,22,24-25,28,34H,16-21H2,1-10H3/b13-11-,15-12+/t24-,25-,28+,31+,32-/m1/s1. The summed E-state index contributed by atoms with van der Waals surface area (Å²) in [6.45, 7) is 22.4. The molecule has 0 aromatic carbocycles. The monoisotopic (exact) mass is 468 g/mol. The number of hydrogen-bond acceptors (Lipinski definition) is 2. The van der Waals surface area contributed by atoms with Crippen molar-refractivity contribution in [2.45, 2.75) is 114 Å². The van der Waals surface area contributed by atoms with Gasteiger partial charge in [-0.1, -0.05) is 83.1 Å². The molecule has 0 aromatic heterocycles. The predicted octanol–water partition coefficient (Wildman–Crippen LogP) is 8.63. The van der Waals surface area contributed by atoms with Gasteiger partial charge in [0.2, 0.25) is 0 Å². The first-order chi connectivity index (χ1) is 15.7. The fourth-order valence-corrected chi connectivity index (χ4v) is 6.77. The van der Waals surface area contributed by atoms with E-state index in [0.717, 1.165) is 31.3 Å². The first-order valence-corrected chi connectivity index (χ1v) is 13.5. The molecule has 2 aliphatic carbocycles. The molecular formula is C32H52O2. The minimum absolute atomic E-state index is 0.164. The Morgan fingerprint density at radius 3 is 2.38 bits per heavy atom. The second-order valence-corrected chi connectivity index (χ2v) is 13.1. The Kier molecular flexibility index (Phi) is 9.06. The Hall–Kier alpha value is -1.41. The largest absolute Gasteiger partial charge is 0.392 e. The van der Waals surface area contributed by atoms with Gasteiger partial charge in [-0.25, -0.2) is 0 Å². The molecule has 34 heavy (non-hydrogen) atoms. The van der Waals surface area contributed by atoms with E-state index in [9.17, 15) is 9.90 Å². The van der Waals surface area contributed by atoms with Crippen molar-refractivity contribution in [3.05, 3.63) is 47.1 Å². The Labute approximate surface area is 210 Å². The van der Waals surface area contributed by atoms with Crippen LogP contribution in [-0.2, 0) is 4.79 Å². The minimum atomic E-state index is -0.500. The molecule has 0 aliphatic heterocycles. The SMILES string of the molecule is C/C=C\C1=C([C@](C)(C=O)CC[C@]2(C)[C@@H]([C@H](C)/C=C/C=C(C)C)CCC2(C)C)CC[C@H](O)C1(C)C. The minimum Gasteiger partial charge on any atom is -0.392 e. The first-order valence-electron chi connectivity index (χ1n) is 13.5. The van der Waals surface area contributed by atoms with Crippen LogP contribution in [0.5, 0.6) is 0 Å². The molecule has 0 bridgehead atoms. The number of aldehydes is 1. The van der Waals surface area contributed by atoms with Crippen LogP contribution in [0.2, 0.25) is 0 Å². The zero-order chi connectivity index (χ0) is 25.9. The molecule has 0 aromatic rings. The summed E-state index contributed by atoms with van der Waals surface area (Å²) in [7, 11) is 0. The molecule has 1 fully saturated rings. The van der Waals surface area contributed by atoms with Crippen molar-refractivity contribution in [3.63, 3.8) is 0 Å². The summed E-state index contributed by atoms with van der Waals surface area (Å²) in [4.78, 5) is 12.7. The molecule has 192 valence electrons. The molecule has 0 spiro atoms. The summed E-state index contributed by atoms with van der Waals surface area (Å²) < 4.78 is 0. The quantitative estimate of drug-likeness (QED) is 0.271. The first kappa shape index (κ1) is 28.8. The fourth-order valence-electron chi connectivity index (χ4n) is 6.77. The highest BCUT2D eigenvalue weighted by atomic mass is 16.3. The van der Waals surface area contributed by atoms with Gasteiger partial charge in [0.25, 0.3) is 0 Å². The van der Waals surface area contributed by atoms with E-state index in [2.05, 4.69) is 92.7 Å². The van der Waals surface area contributed by atoms with Crippen molar-refractivity contribution in [1.29, 1.82) is 0 Å². The number of carbonyl (C=O) groups excluding carboxylic acids is 1. The molecule has 0 unspecified atom stereocenters. The van der Waals surface area contributed by atoms with Crippen molar-refractivity contribution in [1.82, 2.24) is 0 Å². The van der Waals surface area contributed by atoms with E-state index in [0.29, 0.717) is 11.8 Å². The van der Waals surface area contributed by atoms with Gasteiger partial charge in [-0.3, -0.25) is 0 Å². The Bertz CT molecular complexity index is 848. The molecule has 2 nitrogen and oxygen atoms in total. The van der Waals surface area contributed by atoms with Crippen molar-refractivity contribution in [3.8, 4) is 0 Å². The molecule has 0 amide bonds. The number of rotatable bonds is 9. The number of aliphatic hydroxyl groups is 1. The second-order valence-electron chi connectivity index (χ2n) is 13.1. The van der Waals surface area contributed by atoms with Crippen LogP contribution in [0.3, 0.4) is 0 Å². The van der Waals surface area contributed by atoms with Gasteiger partial charge in [0, 0.05) is 10.8 Å². The Morgan fingerprint density at radius 2 is 1.82 bits per heavy atom. The molecule has 0 heterocycles. The highest BCUT2D eigenvalue weighted by Crippen LogP contribution is 2.62. The van der Waals surface area contributed by atoms with Crippen LogP contribution >= 0.6 is 0 Å². The van der Waals surface area contributed by atoms with Gasteiger partial charge in [0.05, 0.1) is 6.10 Å². The lowest BCUT2D eigenvalue weighted by molar-refractivity contribution is -0.115. The smallest absolute Gasteiger partial charge is 0.129 e. The number of aliphatic hydroxyl groups excluding tert-OH is 1. The average Bonchev–Trinajstić information content (AvgIpc) is 2.99. The van der Waals surface area contributed by atoms with Gasteiger partial charge in [-0.2, -0.15) is 0 Å². The molecule has 2 aliphatic rings. The topological polar surface area (TPSA) is 37.3 Å². The summed E-state index contributed by atoms with van der Waals surface area (Å²) >= 11 is 0. The van der Waals surface area contributed by atoms with Crippen LogP contribution in [0, 0.1) is 33.5 Å². The van der Waals surface area contributed by atoms with E-state index >= 15 is 0 Å².